The number of rotatable bonds is 18. The van der Waals surface area contributed by atoms with E-state index < -0.39 is 0 Å². The Morgan fingerprint density at radius 3 is 1.56 bits per heavy atom. The predicted molar refractivity (Wildman–Crippen MR) is 109 cm³/mol. The molecule has 1 unspecified atom stereocenters. The lowest BCUT2D eigenvalue weighted by molar-refractivity contribution is -0.119. The maximum Gasteiger partial charge on any atom is 0.185 e. The molecule has 0 saturated carbocycles. The topological polar surface area (TPSA) is 93.5 Å². The summed E-state index contributed by atoms with van der Waals surface area (Å²) in [5, 5.41) is 3.09. The number of carbonyl (C=O) groups excluding carboxylic acids is 1. The van der Waals surface area contributed by atoms with Gasteiger partial charge in [0.2, 0.25) is 0 Å². The van der Waals surface area contributed by atoms with Crippen LogP contribution in [0.15, 0.2) is 4.99 Å². The first-order valence-electron chi connectivity index (χ1n) is 10.3. The van der Waals surface area contributed by atoms with Gasteiger partial charge >= 0.3 is 0 Å². The van der Waals surface area contributed by atoms with Gasteiger partial charge in [-0.15, -0.1) is 0 Å². The van der Waals surface area contributed by atoms with Crippen molar-refractivity contribution in [3.8, 4) is 0 Å². The van der Waals surface area contributed by atoms with E-state index >= 15 is 0 Å². The summed E-state index contributed by atoms with van der Waals surface area (Å²) in [5.74, 6) is 0.467. The van der Waals surface area contributed by atoms with E-state index in [4.69, 9.17) is 11.5 Å². The number of nitrogens with zero attached hydrogens (tertiary/aromatic N) is 1. The monoisotopic (exact) mass is 354 g/mol. The minimum absolute atomic E-state index is 0.0616. The van der Waals surface area contributed by atoms with E-state index in [-0.39, 0.29) is 17.8 Å². The molecule has 0 spiro atoms. The second-order valence-corrected chi connectivity index (χ2v) is 7.14. The van der Waals surface area contributed by atoms with Gasteiger partial charge in [0.1, 0.15) is 5.78 Å². The SMILES string of the molecule is CNC(CCCCCCCCCCCCCCCN=C(N)N)C(C)=O. The minimum atomic E-state index is 0.0616. The van der Waals surface area contributed by atoms with Crippen LogP contribution >= 0.6 is 0 Å². The van der Waals surface area contributed by atoms with Gasteiger partial charge in [0, 0.05) is 6.54 Å². The molecular formula is C20H42N4O. The fourth-order valence-electron chi connectivity index (χ4n) is 3.16. The molecule has 0 aliphatic heterocycles. The van der Waals surface area contributed by atoms with Gasteiger partial charge in [0.15, 0.2) is 5.96 Å². The van der Waals surface area contributed by atoms with E-state index in [2.05, 4.69) is 10.3 Å². The number of nitrogens with two attached hydrogens (primary N) is 2. The number of likely N-dealkylation sites (N-methyl/N-ethyl adjacent to an activating group) is 1. The van der Waals surface area contributed by atoms with Gasteiger partial charge in [-0.25, -0.2) is 0 Å². The third kappa shape index (κ3) is 17.5. The number of unbranched alkanes of at least 4 members (excludes halogenated alkanes) is 12. The molecule has 0 aromatic rings. The highest BCUT2D eigenvalue weighted by Crippen LogP contribution is 2.13. The van der Waals surface area contributed by atoms with Crippen molar-refractivity contribution in [2.45, 2.75) is 103 Å². The third-order valence-electron chi connectivity index (χ3n) is 4.78. The quantitative estimate of drug-likeness (QED) is 0.198. The first-order chi connectivity index (χ1) is 12.1. The molecule has 5 nitrogen and oxygen atoms in total. The molecule has 25 heavy (non-hydrogen) atoms. The summed E-state index contributed by atoms with van der Waals surface area (Å²) in [6, 6.07) is 0.0616. The Labute approximate surface area is 155 Å². The molecule has 5 heteroatoms. The summed E-state index contributed by atoms with van der Waals surface area (Å²) >= 11 is 0. The Morgan fingerprint density at radius 1 is 0.800 bits per heavy atom. The summed E-state index contributed by atoms with van der Waals surface area (Å²) < 4.78 is 0. The number of hydrogen-bond donors (Lipinski definition) is 3. The van der Waals surface area contributed by atoms with Gasteiger partial charge in [-0.1, -0.05) is 77.0 Å². The highest BCUT2D eigenvalue weighted by molar-refractivity contribution is 5.81. The van der Waals surface area contributed by atoms with Crippen LogP contribution < -0.4 is 16.8 Å². The zero-order chi connectivity index (χ0) is 18.8. The normalized spacial score (nSPS) is 12.1. The average molecular weight is 355 g/mol. The first kappa shape index (κ1) is 23.9. The molecule has 0 radical (unpaired) electrons. The molecule has 0 bridgehead atoms. The van der Waals surface area contributed by atoms with E-state index in [0.29, 0.717) is 0 Å². The molecule has 1 atom stereocenters. The number of hydrogen-bond acceptors (Lipinski definition) is 3. The van der Waals surface area contributed by atoms with Gasteiger partial charge in [-0.3, -0.25) is 9.79 Å². The lowest BCUT2D eigenvalue weighted by atomic mass is 10.0. The highest BCUT2D eigenvalue weighted by Gasteiger charge is 2.09. The van der Waals surface area contributed by atoms with Crippen LogP contribution in [0.2, 0.25) is 0 Å². The molecule has 0 amide bonds. The Balaban J connectivity index is 3.17. The highest BCUT2D eigenvalue weighted by atomic mass is 16.1. The molecule has 0 heterocycles. The van der Waals surface area contributed by atoms with Crippen LogP contribution in [0, 0.1) is 0 Å². The predicted octanol–water partition coefficient (Wildman–Crippen LogP) is 3.90. The molecule has 5 N–H and O–H groups in total. The van der Waals surface area contributed by atoms with Gasteiger partial charge < -0.3 is 16.8 Å². The van der Waals surface area contributed by atoms with E-state index in [1.165, 1.54) is 70.6 Å². The molecule has 0 aliphatic carbocycles. The van der Waals surface area contributed by atoms with Crippen molar-refractivity contribution in [2.75, 3.05) is 13.6 Å². The fraction of sp³-hybridized carbons (Fsp3) is 0.900. The molecule has 0 rings (SSSR count). The summed E-state index contributed by atoms with van der Waals surface area (Å²) in [6.07, 6.45) is 17.9. The largest absolute Gasteiger partial charge is 0.370 e. The number of nitrogens with one attached hydrogen (secondary N) is 1. The van der Waals surface area contributed by atoms with Crippen LogP contribution in [0.5, 0.6) is 0 Å². The van der Waals surface area contributed by atoms with Crippen molar-refractivity contribution in [3.05, 3.63) is 0 Å². The van der Waals surface area contributed by atoms with Crippen LogP contribution in [-0.4, -0.2) is 31.4 Å². The first-order valence-corrected chi connectivity index (χ1v) is 10.3. The third-order valence-corrected chi connectivity index (χ3v) is 4.78. The van der Waals surface area contributed by atoms with Crippen LogP contribution in [-0.2, 0) is 4.79 Å². The lowest BCUT2D eigenvalue weighted by Crippen LogP contribution is -2.31. The Morgan fingerprint density at radius 2 is 1.20 bits per heavy atom. The van der Waals surface area contributed by atoms with E-state index in [9.17, 15) is 4.79 Å². The van der Waals surface area contributed by atoms with E-state index in [0.717, 1.165) is 25.8 Å². The van der Waals surface area contributed by atoms with Crippen LogP contribution in [0.3, 0.4) is 0 Å². The fourth-order valence-corrected chi connectivity index (χ4v) is 3.16. The van der Waals surface area contributed by atoms with Crippen molar-refractivity contribution in [3.63, 3.8) is 0 Å². The lowest BCUT2D eigenvalue weighted by Gasteiger charge is -2.11. The molecule has 0 saturated heterocycles. The van der Waals surface area contributed by atoms with Crippen molar-refractivity contribution >= 4 is 11.7 Å². The Hall–Kier alpha value is -1.10. The van der Waals surface area contributed by atoms with Gasteiger partial charge in [-0.05, 0) is 26.8 Å². The molecule has 148 valence electrons. The van der Waals surface area contributed by atoms with Crippen LogP contribution in [0.25, 0.3) is 0 Å². The smallest absolute Gasteiger partial charge is 0.185 e. The van der Waals surface area contributed by atoms with Crippen molar-refractivity contribution in [2.24, 2.45) is 16.5 Å². The van der Waals surface area contributed by atoms with Crippen molar-refractivity contribution < 1.29 is 4.79 Å². The maximum absolute atomic E-state index is 11.3. The van der Waals surface area contributed by atoms with Gasteiger partial charge in [-0.2, -0.15) is 0 Å². The van der Waals surface area contributed by atoms with Gasteiger partial charge in [0.05, 0.1) is 6.04 Å². The second-order valence-electron chi connectivity index (χ2n) is 7.14. The molecule has 0 aromatic heterocycles. The van der Waals surface area contributed by atoms with E-state index in [1.807, 2.05) is 7.05 Å². The summed E-state index contributed by atoms with van der Waals surface area (Å²) in [7, 11) is 1.87. The average Bonchev–Trinajstić information content (AvgIpc) is 2.57. The van der Waals surface area contributed by atoms with Crippen LogP contribution in [0.1, 0.15) is 96.8 Å². The Bertz CT molecular complexity index is 341. The minimum Gasteiger partial charge on any atom is -0.370 e. The zero-order valence-corrected chi connectivity index (χ0v) is 16.7. The molecule has 0 aromatic carbocycles. The number of ketones is 1. The van der Waals surface area contributed by atoms with E-state index in [1.54, 1.807) is 6.92 Å². The number of Topliss-reactive ketones (excluding diaryl/α,β-unsaturated/α-hetero) is 1. The second kappa shape index (κ2) is 17.7. The number of carbonyl (C=O) groups is 1. The maximum atomic E-state index is 11.3. The van der Waals surface area contributed by atoms with Crippen molar-refractivity contribution in [1.29, 1.82) is 0 Å². The Kier molecular flexibility index (Phi) is 16.9. The molecular weight excluding hydrogens is 312 g/mol. The zero-order valence-electron chi connectivity index (χ0n) is 16.7. The number of aliphatic imine (C=N–C) groups is 1. The van der Waals surface area contributed by atoms with Crippen molar-refractivity contribution in [1.82, 2.24) is 5.32 Å². The summed E-state index contributed by atoms with van der Waals surface area (Å²) in [6.45, 7) is 2.45. The summed E-state index contributed by atoms with van der Waals surface area (Å²) in [5.41, 5.74) is 10.6. The van der Waals surface area contributed by atoms with Crippen LogP contribution in [0.4, 0.5) is 0 Å². The molecule has 0 fully saturated rings. The standard InChI is InChI=1S/C20H42N4O/c1-18(25)19(23-2)16-14-12-10-8-6-4-3-5-7-9-11-13-15-17-24-20(21)22/h19,23H,3-17H2,1-2H3,(H4,21,22,24). The number of guanidine groups is 1. The molecule has 0 aliphatic rings. The van der Waals surface area contributed by atoms with Gasteiger partial charge in [0.25, 0.3) is 0 Å². The summed E-state index contributed by atoms with van der Waals surface area (Å²) in [4.78, 5) is 15.3.